The molecule has 0 aliphatic carbocycles. The summed E-state index contributed by atoms with van der Waals surface area (Å²) < 4.78 is 0. The summed E-state index contributed by atoms with van der Waals surface area (Å²) in [4.78, 5) is 11.8. The number of amides is 1. The number of carbonyl (C=O) groups excluding carboxylic acids is 1. The van der Waals surface area contributed by atoms with Crippen LogP contribution >= 0.6 is 0 Å². The van der Waals surface area contributed by atoms with E-state index < -0.39 is 0 Å². The molecule has 0 atom stereocenters. The van der Waals surface area contributed by atoms with Gasteiger partial charge in [0, 0.05) is 12.0 Å². The van der Waals surface area contributed by atoms with Crippen molar-refractivity contribution in [1.82, 2.24) is 5.32 Å². The summed E-state index contributed by atoms with van der Waals surface area (Å²) in [5, 5.41) is 3.30. The van der Waals surface area contributed by atoms with Crippen LogP contribution in [-0.2, 0) is 4.79 Å². The van der Waals surface area contributed by atoms with Gasteiger partial charge in [0.2, 0.25) is 5.91 Å². The summed E-state index contributed by atoms with van der Waals surface area (Å²) in [7, 11) is 0. The largest absolute Gasteiger partial charge is 0.351 e. The SMILES string of the molecule is CCCC(CC(C)C)(CC(C)C)NC(=O)CC. The minimum Gasteiger partial charge on any atom is -0.351 e. The lowest BCUT2D eigenvalue weighted by Crippen LogP contribution is -2.50. The van der Waals surface area contributed by atoms with Crippen LogP contribution in [0.5, 0.6) is 0 Å². The number of rotatable bonds is 8. The third-order valence-electron chi connectivity index (χ3n) is 3.05. The first-order chi connectivity index (χ1) is 7.85. The molecule has 0 aliphatic heterocycles. The molecular formula is C15H31NO. The van der Waals surface area contributed by atoms with Gasteiger partial charge in [0.05, 0.1) is 0 Å². The van der Waals surface area contributed by atoms with E-state index in [4.69, 9.17) is 0 Å². The molecule has 0 heterocycles. The number of hydrogen-bond donors (Lipinski definition) is 1. The van der Waals surface area contributed by atoms with E-state index in [0.717, 1.165) is 25.7 Å². The fourth-order valence-electron chi connectivity index (χ4n) is 2.88. The van der Waals surface area contributed by atoms with Crippen molar-refractivity contribution < 1.29 is 4.79 Å². The second-order valence-corrected chi connectivity index (χ2v) is 6.13. The van der Waals surface area contributed by atoms with Gasteiger partial charge in [0.1, 0.15) is 0 Å². The van der Waals surface area contributed by atoms with Crippen LogP contribution in [0.25, 0.3) is 0 Å². The maximum Gasteiger partial charge on any atom is 0.220 e. The van der Waals surface area contributed by atoms with Gasteiger partial charge < -0.3 is 5.32 Å². The molecule has 0 aromatic heterocycles. The molecule has 0 aromatic carbocycles. The van der Waals surface area contributed by atoms with Crippen molar-refractivity contribution in [3.05, 3.63) is 0 Å². The van der Waals surface area contributed by atoms with Crippen molar-refractivity contribution in [3.8, 4) is 0 Å². The maximum absolute atomic E-state index is 11.8. The minimum absolute atomic E-state index is 0.0180. The molecule has 0 rings (SSSR count). The summed E-state index contributed by atoms with van der Waals surface area (Å²) in [6, 6.07) is 0. The summed E-state index contributed by atoms with van der Waals surface area (Å²) in [5.41, 5.74) is 0.0180. The molecule has 17 heavy (non-hydrogen) atoms. The van der Waals surface area contributed by atoms with Gasteiger partial charge in [-0.2, -0.15) is 0 Å². The van der Waals surface area contributed by atoms with E-state index in [2.05, 4.69) is 39.9 Å². The lowest BCUT2D eigenvalue weighted by atomic mass is 9.78. The van der Waals surface area contributed by atoms with E-state index >= 15 is 0 Å². The molecular weight excluding hydrogens is 210 g/mol. The first-order valence-corrected chi connectivity index (χ1v) is 7.16. The predicted octanol–water partition coefficient (Wildman–Crippen LogP) is 4.14. The summed E-state index contributed by atoms with van der Waals surface area (Å²) in [6.45, 7) is 13.1. The van der Waals surface area contributed by atoms with Crippen LogP contribution < -0.4 is 5.32 Å². The van der Waals surface area contributed by atoms with Gasteiger partial charge in [-0.05, 0) is 31.1 Å². The minimum atomic E-state index is 0.0180. The van der Waals surface area contributed by atoms with E-state index in [1.165, 1.54) is 0 Å². The topological polar surface area (TPSA) is 29.1 Å². The van der Waals surface area contributed by atoms with Gasteiger partial charge in [-0.3, -0.25) is 4.79 Å². The van der Waals surface area contributed by atoms with Gasteiger partial charge >= 0.3 is 0 Å². The van der Waals surface area contributed by atoms with Gasteiger partial charge in [0.15, 0.2) is 0 Å². The highest BCUT2D eigenvalue weighted by Gasteiger charge is 2.32. The number of hydrogen-bond acceptors (Lipinski definition) is 1. The number of nitrogens with one attached hydrogen (secondary N) is 1. The normalized spacial score (nSPS) is 12.2. The molecule has 2 nitrogen and oxygen atoms in total. The molecule has 102 valence electrons. The molecule has 0 aliphatic rings. The molecule has 0 bridgehead atoms. The molecule has 1 amide bonds. The van der Waals surface area contributed by atoms with Crippen molar-refractivity contribution >= 4 is 5.91 Å². The standard InChI is InChI=1S/C15H31NO/c1-7-9-15(10-12(3)4,11-13(5)6)16-14(17)8-2/h12-13H,7-11H2,1-6H3,(H,16,17). The second-order valence-electron chi connectivity index (χ2n) is 6.13. The summed E-state index contributed by atoms with van der Waals surface area (Å²) in [6.07, 6.45) is 4.98. The molecule has 0 fully saturated rings. The maximum atomic E-state index is 11.8. The van der Waals surface area contributed by atoms with E-state index in [1.807, 2.05) is 6.92 Å². The molecule has 0 saturated heterocycles. The van der Waals surface area contributed by atoms with Crippen molar-refractivity contribution in [2.45, 2.75) is 79.2 Å². The zero-order valence-corrected chi connectivity index (χ0v) is 12.6. The van der Waals surface area contributed by atoms with Gasteiger partial charge in [-0.1, -0.05) is 48.0 Å². The van der Waals surface area contributed by atoms with Crippen LogP contribution in [0.3, 0.4) is 0 Å². The zero-order valence-electron chi connectivity index (χ0n) is 12.6. The van der Waals surface area contributed by atoms with Gasteiger partial charge in [0.25, 0.3) is 0 Å². The Kier molecular flexibility index (Phi) is 7.49. The Hall–Kier alpha value is -0.530. The first-order valence-electron chi connectivity index (χ1n) is 7.16. The molecule has 1 N–H and O–H groups in total. The Morgan fingerprint density at radius 2 is 1.53 bits per heavy atom. The Labute approximate surface area is 108 Å². The van der Waals surface area contributed by atoms with E-state index in [0.29, 0.717) is 18.3 Å². The smallest absolute Gasteiger partial charge is 0.220 e. The highest BCUT2D eigenvalue weighted by atomic mass is 16.1. The van der Waals surface area contributed by atoms with Crippen molar-refractivity contribution in [2.75, 3.05) is 0 Å². The van der Waals surface area contributed by atoms with Crippen molar-refractivity contribution in [1.29, 1.82) is 0 Å². The van der Waals surface area contributed by atoms with E-state index in [1.54, 1.807) is 0 Å². The third-order valence-corrected chi connectivity index (χ3v) is 3.05. The van der Waals surface area contributed by atoms with Crippen LogP contribution in [0.4, 0.5) is 0 Å². The van der Waals surface area contributed by atoms with Crippen LogP contribution in [0, 0.1) is 11.8 Å². The average Bonchev–Trinajstić information content (AvgIpc) is 2.15. The van der Waals surface area contributed by atoms with Crippen LogP contribution in [-0.4, -0.2) is 11.4 Å². The molecule has 0 unspecified atom stereocenters. The first kappa shape index (κ1) is 16.5. The fourth-order valence-corrected chi connectivity index (χ4v) is 2.88. The van der Waals surface area contributed by atoms with Crippen molar-refractivity contribution in [3.63, 3.8) is 0 Å². The van der Waals surface area contributed by atoms with E-state index in [9.17, 15) is 4.79 Å². The average molecular weight is 241 g/mol. The highest BCUT2D eigenvalue weighted by molar-refractivity contribution is 5.76. The van der Waals surface area contributed by atoms with Crippen LogP contribution in [0.1, 0.15) is 73.6 Å². The molecule has 2 heteroatoms. The summed E-state index contributed by atoms with van der Waals surface area (Å²) >= 11 is 0. The Morgan fingerprint density at radius 1 is 1.06 bits per heavy atom. The third kappa shape index (κ3) is 6.70. The quantitative estimate of drug-likeness (QED) is 0.680. The Balaban J connectivity index is 4.86. The molecule has 0 saturated carbocycles. The lowest BCUT2D eigenvalue weighted by molar-refractivity contribution is -0.123. The predicted molar refractivity (Wildman–Crippen MR) is 75.0 cm³/mol. The molecule has 0 radical (unpaired) electrons. The van der Waals surface area contributed by atoms with Gasteiger partial charge in [-0.25, -0.2) is 0 Å². The lowest BCUT2D eigenvalue weighted by Gasteiger charge is -2.38. The summed E-state index contributed by atoms with van der Waals surface area (Å²) in [5.74, 6) is 1.44. The van der Waals surface area contributed by atoms with Gasteiger partial charge in [-0.15, -0.1) is 0 Å². The molecule has 0 aromatic rings. The van der Waals surface area contributed by atoms with Crippen LogP contribution in [0.15, 0.2) is 0 Å². The molecule has 0 spiro atoms. The second kappa shape index (κ2) is 7.73. The van der Waals surface area contributed by atoms with Crippen LogP contribution in [0.2, 0.25) is 0 Å². The Bertz CT molecular complexity index is 211. The Morgan fingerprint density at radius 3 is 1.82 bits per heavy atom. The van der Waals surface area contributed by atoms with Crippen molar-refractivity contribution in [2.24, 2.45) is 11.8 Å². The number of carbonyl (C=O) groups is 1. The monoisotopic (exact) mass is 241 g/mol. The fraction of sp³-hybridized carbons (Fsp3) is 0.933. The zero-order chi connectivity index (χ0) is 13.5. The highest BCUT2D eigenvalue weighted by Crippen LogP contribution is 2.29. The van der Waals surface area contributed by atoms with E-state index in [-0.39, 0.29) is 11.4 Å².